The zero-order valence-corrected chi connectivity index (χ0v) is 15.7. The fraction of sp³-hybridized carbons (Fsp3) is 0.100. The Balaban J connectivity index is 1.71. The SMILES string of the molecule is COc1ccc(Oc2ncccc2NC(=O)Cc2cccc(Br)c2)cc1. The number of carbonyl (C=O) groups is 1. The summed E-state index contributed by atoms with van der Waals surface area (Å²) in [5.41, 5.74) is 1.43. The number of rotatable bonds is 6. The normalized spacial score (nSPS) is 10.2. The topological polar surface area (TPSA) is 60.5 Å². The van der Waals surface area contributed by atoms with Crippen LogP contribution in [0.1, 0.15) is 5.56 Å². The van der Waals surface area contributed by atoms with Gasteiger partial charge in [-0.15, -0.1) is 0 Å². The highest BCUT2D eigenvalue weighted by Gasteiger charge is 2.11. The summed E-state index contributed by atoms with van der Waals surface area (Å²) in [4.78, 5) is 16.6. The first-order valence-corrected chi connectivity index (χ1v) is 8.74. The molecule has 3 rings (SSSR count). The van der Waals surface area contributed by atoms with Crippen molar-refractivity contribution in [2.24, 2.45) is 0 Å². The second-order valence-electron chi connectivity index (χ2n) is 5.49. The molecule has 3 aromatic rings. The molecule has 0 aliphatic carbocycles. The minimum Gasteiger partial charge on any atom is -0.497 e. The first kappa shape index (κ1) is 17.9. The Kier molecular flexibility index (Phi) is 5.86. The van der Waals surface area contributed by atoms with Gasteiger partial charge in [0.25, 0.3) is 0 Å². The number of carbonyl (C=O) groups excluding carboxylic acids is 1. The average molecular weight is 413 g/mol. The third kappa shape index (κ3) is 4.83. The van der Waals surface area contributed by atoms with Crippen LogP contribution in [0.4, 0.5) is 5.69 Å². The molecule has 0 fully saturated rings. The molecular weight excluding hydrogens is 396 g/mol. The van der Waals surface area contributed by atoms with Gasteiger partial charge in [0.2, 0.25) is 11.8 Å². The van der Waals surface area contributed by atoms with E-state index in [0.717, 1.165) is 15.8 Å². The molecule has 132 valence electrons. The molecule has 2 aromatic carbocycles. The van der Waals surface area contributed by atoms with Crippen molar-refractivity contribution < 1.29 is 14.3 Å². The van der Waals surface area contributed by atoms with E-state index in [1.807, 2.05) is 24.3 Å². The predicted molar refractivity (Wildman–Crippen MR) is 104 cm³/mol. The van der Waals surface area contributed by atoms with E-state index in [4.69, 9.17) is 9.47 Å². The van der Waals surface area contributed by atoms with Crippen molar-refractivity contribution in [2.75, 3.05) is 12.4 Å². The Hall–Kier alpha value is -2.86. The van der Waals surface area contributed by atoms with E-state index < -0.39 is 0 Å². The lowest BCUT2D eigenvalue weighted by atomic mass is 10.1. The molecule has 1 aromatic heterocycles. The summed E-state index contributed by atoms with van der Waals surface area (Å²) >= 11 is 3.41. The highest BCUT2D eigenvalue weighted by Crippen LogP contribution is 2.28. The molecule has 6 heteroatoms. The molecular formula is C20H17BrN2O3. The van der Waals surface area contributed by atoms with E-state index >= 15 is 0 Å². The minimum absolute atomic E-state index is 0.143. The molecule has 0 saturated heterocycles. The third-order valence-corrected chi connectivity index (χ3v) is 4.07. The lowest BCUT2D eigenvalue weighted by molar-refractivity contribution is -0.115. The van der Waals surface area contributed by atoms with Gasteiger partial charge in [-0.1, -0.05) is 28.1 Å². The molecule has 1 heterocycles. The largest absolute Gasteiger partial charge is 0.497 e. The smallest absolute Gasteiger partial charge is 0.243 e. The van der Waals surface area contributed by atoms with E-state index in [2.05, 4.69) is 26.2 Å². The maximum absolute atomic E-state index is 12.4. The van der Waals surface area contributed by atoms with E-state index in [9.17, 15) is 4.79 Å². The van der Waals surface area contributed by atoms with Crippen LogP contribution in [0.15, 0.2) is 71.3 Å². The van der Waals surface area contributed by atoms with Crippen LogP contribution in [0.2, 0.25) is 0 Å². The van der Waals surface area contributed by atoms with E-state index in [1.165, 1.54) is 0 Å². The lowest BCUT2D eigenvalue weighted by Crippen LogP contribution is -2.15. The van der Waals surface area contributed by atoms with Gasteiger partial charge in [0.1, 0.15) is 17.2 Å². The first-order valence-electron chi connectivity index (χ1n) is 7.95. The molecule has 1 N–H and O–H groups in total. The third-order valence-electron chi connectivity index (χ3n) is 3.57. The van der Waals surface area contributed by atoms with Crippen LogP contribution >= 0.6 is 15.9 Å². The van der Waals surface area contributed by atoms with E-state index in [-0.39, 0.29) is 12.3 Å². The second kappa shape index (κ2) is 8.49. The van der Waals surface area contributed by atoms with Crippen LogP contribution < -0.4 is 14.8 Å². The maximum Gasteiger partial charge on any atom is 0.243 e. The molecule has 5 nitrogen and oxygen atoms in total. The number of methoxy groups -OCH3 is 1. The zero-order chi connectivity index (χ0) is 18.4. The van der Waals surface area contributed by atoms with Crippen molar-refractivity contribution in [2.45, 2.75) is 6.42 Å². The van der Waals surface area contributed by atoms with Crippen LogP contribution in [0.5, 0.6) is 17.4 Å². The number of ether oxygens (including phenoxy) is 2. The molecule has 0 aliphatic rings. The van der Waals surface area contributed by atoms with Gasteiger partial charge in [0.05, 0.1) is 13.5 Å². The Bertz CT molecular complexity index is 898. The summed E-state index contributed by atoms with van der Waals surface area (Å²) in [6, 6.07) is 18.3. The lowest BCUT2D eigenvalue weighted by Gasteiger charge is -2.11. The number of hydrogen-bond donors (Lipinski definition) is 1. The standard InChI is InChI=1S/C20H17BrN2O3/c1-25-16-7-9-17(10-8-16)26-20-18(6-3-11-22-20)23-19(24)13-14-4-2-5-15(21)12-14/h2-12H,13H2,1H3,(H,23,24). The van der Waals surface area contributed by atoms with Crippen LogP contribution in [0, 0.1) is 0 Å². The molecule has 0 aliphatic heterocycles. The summed E-state index contributed by atoms with van der Waals surface area (Å²) in [6.07, 6.45) is 1.87. The molecule has 0 unspecified atom stereocenters. The van der Waals surface area contributed by atoms with E-state index in [0.29, 0.717) is 17.3 Å². The summed E-state index contributed by atoms with van der Waals surface area (Å²) in [5, 5.41) is 2.85. The highest BCUT2D eigenvalue weighted by molar-refractivity contribution is 9.10. The van der Waals surface area contributed by atoms with Crippen LogP contribution in [0.3, 0.4) is 0 Å². The van der Waals surface area contributed by atoms with Gasteiger partial charge in [-0.05, 0) is 54.1 Å². The summed E-state index contributed by atoms with van der Waals surface area (Å²) < 4.78 is 11.9. The van der Waals surface area contributed by atoms with Crippen molar-refractivity contribution in [3.63, 3.8) is 0 Å². The fourth-order valence-electron chi connectivity index (χ4n) is 2.35. The summed E-state index contributed by atoms with van der Waals surface area (Å²) in [7, 11) is 1.60. The van der Waals surface area contributed by atoms with Gasteiger partial charge in [0.15, 0.2) is 0 Å². The predicted octanol–water partition coefficient (Wildman–Crippen LogP) is 4.83. The number of aromatic nitrogens is 1. The molecule has 0 atom stereocenters. The van der Waals surface area contributed by atoms with Crippen molar-refractivity contribution in [1.29, 1.82) is 0 Å². The Morgan fingerprint density at radius 1 is 1.08 bits per heavy atom. The number of halogens is 1. The number of nitrogens with one attached hydrogen (secondary N) is 1. The highest BCUT2D eigenvalue weighted by atomic mass is 79.9. The van der Waals surface area contributed by atoms with Crippen molar-refractivity contribution in [3.05, 3.63) is 76.9 Å². The maximum atomic E-state index is 12.4. The Morgan fingerprint density at radius 2 is 1.85 bits per heavy atom. The average Bonchev–Trinajstić information content (AvgIpc) is 2.64. The van der Waals surface area contributed by atoms with Gasteiger partial charge >= 0.3 is 0 Å². The Morgan fingerprint density at radius 3 is 2.58 bits per heavy atom. The molecule has 0 saturated carbocycles. The van der Waals surface area contributed by atoms with Gasteiger partial charge in [-0.2, -0.15) is 0 Å². The number of hydrogen-bond acceptors (Lipinski definition) is 4. The van der Waals surface area contributed by atoms with Crippen molar-refractivity contribution >= 4 is 27.5 Å². The molecule has 0 spiro atoms. The molecule has 0 bridgehead atoms. The van der Waals surface area contributed by atoms with Gasteiger partial charge in [0, 0.05) is 10.7 Å². The van der Waals surface area contributed by atoms with Crippen molar-refractivity contribution in [1.82, 2.24) is 4.98 Å². The van der Waals surface area contributed by atoms with Crippen LogP contribution in [-0.2, 0) is 11.2 Å². The summed E-state index contributed by atoms with van der Waals surface area (Å²) in [5.74, 6) is 1.53. The monoisotopic (exact) mass is 412 g/mol. The van der Waals surface area contributed by atoms with Crippen molar-refractivity contribution in [3.8, 4) is 17.4 Å². The first-order chi connectivity index (χ1) is 12.6. The molecule has 26 heavy (non-hydrogen) atoms. The number of benzene rings is 2. The quantitative estimate of drug-likeness (QED) is 0.629. The number of amides is 1. The number of pyridine rings is 1. The second-order valence-corrected chi connectivity index (χ2v) is 6.40. The van der Waals surface area contributed by atoms with E-state index in [1.54, 1.807) is 49.7 Å². The van der Waals surface area contributed by atoms with Crippen LogP contribution in [0.25, 0.3) is 0 Å². The van der Waals surface area contributed by atoms with Gasteiger partial charge in [-0.3, -0.25) is 4.79 Å². The summed E-state index contributed by atoms with van der Waals surface area (Å²) in [6.45, 7) is 0. The number of anilines is 1. The van der Waals surface area contributed by atoms with Crippen LogP contribution in [-0.4, -0.2) is 18.0 Å². The Labute approximate surface area is 160 Å². The molecule has 1 amide bonds. The number of nitrogens with zero attached hydrogens (tertiary/aromatic N) is 1. The van der Waals surface area contributed by atoms with Gasteiger partial charge in [-0.25, -0.2) is 4.98 Å². The minimum atomic E-state index is -0.143. The zero-order valence-electron chi connectivity index (χ0n) is 14.1. The molecule has 0 radical (unpaired) electrons. The fourth-order valence-corrected chi connectivity index (χ4v) is 2.80. The van der Waals surface area contributed by atoms with Gasteiger partial charge < -0.3 is 14.8 Å².